The largest absolute Gasteiger partial charge is 0.392 e. The van der Waals surface area contributed by atoms with Gasteiger partial charge in [0.25, 0.3) is 0 Å². The van der Waals surface area contributed by atoms with Gasteiger partial charge in [-0.1, -0.05) is 65.3 Å². The molecule has 0 amide bonds. The van der Waals surface area contributed by atoms with Crippen LogP contribution < -0.4 is 0 Å². The molecule has 0 spiro atoms. The van der Waals surface area contributed by atoms with Gasteiger partial charge in [-0.2, -0.15) is 0 Å². The van der Waals surface area contributed by atoms with Crippen LogP contribution in [-0.2, 0) is 24.3 Å². The maximum atomic E-state index is 14.2. The van der Waals surface area contributed by atoms with E-state index in [1.165, 1.54) is 30.0 Å². The fourth-order valence-corrected chi connectivity index (χ4v) is 5.09. The molecule has 1 aliphatic rings. The standard InChI is InChI=1S/C26H22Cl2F2N2OS/c1-26(19-7-8-21(27)22(28)13-19)10-2-4-20(29)5-3-11-32-24(26)14-31-25(32)34-16-17-6-9-23(30)18(12-17)15-33/h2-10,12-14,33H,11,15-16H2,1H3/b5-3-,10-2?,20-4+. The lowest BCUT2D eigenvalue weighted by Gasteiger charge is -2.29. The van der Waals surface area contributed by atoms with Gasteiger partial charge in [-0.25, -0.2) is 13.8 Å². The van der Waals surface area contributed by atoms with Crippen molar-refractivity contribution < 1.29 is 13.9 Å². The number of imidazole rings is 1. The SMILES string of the molecule is CC1(c2ccc(Cl)c(Cl)c2)C=C/C=C(F)\C=C/Cn2c1cnc2SCc1ccc(F)c(CO)c1. The number of allylic oxidation sites excluding steroid dienone is 6. The molecule has 2 heterocycles. The molecule has 0 fully saturated rings. The molecule has 0 bridgehead atoms. The second-order valence-corrected chi connectivity index (χ2v) is 9.81. The highest BCUT2D eigenvalue weighted by molar-refractivity contribution is 7.98. The third-order valence-corrected chi connectivity index (χ3v) is 7.57. The lowest BCUT2D eigenvalue weighted by atomic mass is 9.79. The van der Waals surface area contributed by atoms with Crippen LogP contribution >= 0.6 is 35.0 Å². The lowest BCUT2D eigenvalue weighted by molar-refractivity contribution is 0.275. The van der Waals surface area contributed by atoms with Gasteiger partial charge in [0, 0.05) is 17.9 Å². The molecule has 0 saturated carbocycles. The topological polar surface area (TPSA) is 38.0 Å². The van der Waals surface area contributed by atoms with Crippen LogP contribution in [0.2, 0.25) is 10.0 Å². The summed E-state index contributed by atoms with van der Waals surface area (Å²) in [5.74, 6) is -0.256. The average molecular weight is 519 g/mol. The molecule has 0 radical (unpaired) electrons. The molecule has 8 heteroatoms. The molecule has 4 rings (SSSR count). The number of hydrogen-bond acceptors (Lipinski definition) is 3. The number of hydrogen-bond donors (Lipinski definition) is 1. The molecule has 1 N–H and O–H groups in total. The Hall–Kier alpha value is -2.38. The van der Waals surface area contributed by atoms with Gasteiger partial charge in [-0.3, -0.25) is 0 Å². The van der Waals surface area contributed by atoms with Crippen LogP contribution in [0.15, 0.2) is 84.0 Å². The van der Waals surface area contributed by atoms with E-state index in [1.54, 1.807) is 30.4 Å². The first-order valence-electron chi connectivity index (χ1n) is 10.6. The van der Waals surface area contributed by atoms with E-state index >= 15 is 0 Å². The van der Waals surface area contributed by atoms with Crippen molar-refractivity contribution in [3.8, 4) is 0 Å². The fraction of sp³-hybridized carbons (Fsp3) is 0.192. The smallest absolute Gasteiger partial charge is 0.168 e. The first-order chi connectivity index (χ1) is 16.3. The zero-order valence-corrected chi connectivity index (χ0v) is 20.6. The minimum atomic E-state index is -0.665. The number of aromatic nitrogens is 2. The number of fused-ring (bicyclic) bond motifs is 1. The van der Waals surface area contributed by atoms with E-state index in [4.69, 9.17) is 23.2 Å². The first kappa shape index (κ1) is 24.7. The second-order valence-electron chi connectivity index (χ2n) is 8.05. The molecule has 1 aromatic heterocycles. The van der Waals surface area contributed by atoms with Crippen LogP contribution in [0.5, 0.6) is 0 Å². The minimum Gasteiger partial charge on any atom is -0.392 e. The Balaban J connectivity index is 1.75. The monoisotopic (exact) mass is 518 g/mol. The van der Waals surface area contributed by atoms with Crippen LogP contribution in [0.3, 0.4) is 0 Å². The molecule has 34 heavy (non-hydrogen) atoms. The highest BCUT2D eigenvalue weighted by Gasteiger charge is 2.31. The van der Waals surface area contributed by atoms with Crippen LogP contribution in [0.25, 0.3) is 0 Å². The highest BCUT2D eigenvalue weighted by atomic mass is 35.5. The molecule has 3 nitrogen and oxygen atoms in total. The summed E-state index contributed by atoms with van der Waals surface area (Å²) in [5, 5.41) is 11.0. The summed E-state index contributed by atoms with van der Waals surface area (Å²) >= 11 is 14.0. The third kappa shape index (κ3) is 5.15. The molecule has 176 valence electrons. The summed E-state index contributed by atoms with van der Waals surface area (Å²) in [4.78, 5) is 4.66. The maximum absolute atomic E-state index is 14.2. The average Bonchev–Trinajstić information content (AvgIpc) is 3.23. The van der Waals surface area contributed by atoms with Crippen molar-refractivity contribution in [2.75, 3.05) is 0 Å². The summed E-state index contributed by atoms with van der Waals surface area (Å²) in [7, 11) is 0. The fourth-order valence-electron chi connectivity index (χ4n) is 3.86. The zero-order valence-electron chi connectivity index (χ0n) is 18.3. The van der Waals surface area contributed by atoms with Gasteiger partial charge in [0.15, 0.2) is 5.16 Å². The van der Waals surface area contributed by atoms with Gasteiger partial charge in [-0.05, 0) is 54.5 Å². The quantitative estimate of drug-likeness (QED) is 0.357. The Morgan fingerprint density at radius 3 is 2.74 bits per heavy atom. The number of thioether (sulfide) groups is 1. The Kier molecular flexibility index (Phi) is 7.63. The molecule has 1 unspecified atom stereocenters. The molecular formula is C26H22Cl2F2N2OS. The van der Waals surface area contributed by atoms with Crippen LogP contribution in [0.4, 0.5) is 8.78 Å². The number of halogens is 4. The van der Waals surface area contributed by atoms with Crippen molar-refractivity contribution in [2.24, 2.45) is 0 Å². The van der Waals surface area contributed by atoms with Gasteiger partial charge in [0.05, 0.1) is 34.0 Å². The van der Waals surface area contributed by atoms with Crippen molar-refractivity contribution in [1.82, 2.24) is 9.55 Å². The maximum Gasteiger partial charge on any atom is 0.168 e. The summed E-state index contributed by atoms with van der Waals surface area (Å²) in [6.07, 6.45) is 10.0. The molecular weight excluding hydrogens is 497 g/mol. The third-order valence-electron chi connectivity index (χ3n) is 5.77. The summed E-state index contributed by atoms with van der Waals surface area (Å²) in [5.41, 5.74) is 2.25. The summed E-state index contributed by atoms with van der Waals surface area (Å²) < 4.78 is 30.0. The van der Waals surface area contributed by atoms with E-state index in [-0.39, 0.29) is 18.0 Å². The minimum absolute atomic E-state index is 0.256. The van der Waals surface area contributed by atoms with E-state index < -0.39 is 11.2 Å². The Morgan fingerprint density at radius 1 is 1.15 bits per heavy atom. The molecule has 0 saturated heterocycles. The van der Waals surface area contributed by atoms with Gasteiger partial charge in [0.1, 0.15) is 11.6 Å². The summed E-state index contributed by atoms with van der Waals surface area (Å²) in [6.45, 7) is 2.08. The van der Waals surface area contributed by atoms with Crippen molar-refractivity contribution in [3.63, 3.8) is 0 Å². The first-order valence-corrected chi connectivity index (χ1v) is 12.3. The lowest BCUT2D eigenvalue weighted by Crippen LogP contribution is -2.25. The Bertz CT molecular complexity index is 1300. The van der Waals surface area contributed by atoms with Gasteiger partial charge in [-0.15, -0.1) is 0 Å². The second kappa shape index (κ2) is 10.5. The van der Waals surface area contributed by atoms with Crippen molar-refractivity contribution in [1.29, 1.82) is 0 Å². The number of benzene rings is 2. The van der Waals surface area contributed by atoms with Crippen LogP contribution in [0, 0.1) is 5.82 Å². The molecule has 0 aliphatic carbocycles. The summed E-state index contributed by atoms with van der Waals surface area (Å²) in [6, 6.07) is 10.2. The number of aliphatic hydroxyl groups is 1. The van der Waals surface area contributed by atoms with Crippen LogP contribution in [-0.4, -0.2) is 14.7 Å². The van der Waals surface area contributed by atoms with Crippen molar-refractivity contribution >= 4 is 35.0 Å². The normalized spacial score (nSPS) is 20.5. The van der Waals surface area contributed by atoms with Gasteiger partial charge >= 0.3 is 0 Å². The zero-order chi connectivity index (χ0) is 24.3. The van der Waals surface area contributed by atoms with E-state index in [2.05, 4.69) is 4.98 Å². The molecule has 1 aliphatic heterocycles. The van der Waals surface area contributed by atoms with Crippen LogP contribution in [0.1, 0.15) is 29.3 Å². The van der Waals surface area contributed by atoms with E-state index in [9.17, 15) is 13.9 Å². The van der Waals surface area contributed by atoms with Crippen molar-refractivity contribution in [3.05, 3.63) is 117 Å². The number of rotatable bonds is 5. The van der Waals surface area contributed by atoms with E-state index in [1.807, 2.05) is 35.9 Å². The molecule has 2 aromatic carbocycles. The highest BCUT2D eigenvalue weighted by Crippen LogP contribution is 2.39. The molecule has 1 atom stereocenters. The van der Waals surface area contributed by atoms with Gasteiger partial charge < -0.3 is 9.67 Å². The molecule has 3 aromatic rings. The Morgan fingerprint density at radius 2 is 1.97 bits per heavy atom. The number of aliphatic hydroxyl groups excluding tert-OH is 1. The predicted molar refractivity (Wildman–Crippen MR) is 134 cm³/mol. The van der Waals surface area contributed by atoms with Crippen molar-refractivity contribution in [2.45, 2.75) is 36.4 Å². The number of nitrogens with zero attached hydrogens (tertiary/aromatic N) is 2. The predicted octanol–water partition coefficient (Wildman–Crippen LogP) is 7.40. The van der Waals surface area contributed by atoms with E-state index in [0.29, 0.717) is 22.3 Å². The van der Waals surface area contributed by atoms with E-state index in [0.717, 1.165) is 22.0 Å². The van der Waals surface area contributed by atoms with Gasteiger partial charge in [0.2, 0.25) is 0 Å². The Labute approximate surface area is 211 Å².